The highest BCUT2D eigenvalue weighted by molar-refractivity contribution is 5.92. The standard InChI is InChI=1S/C12H13N5O/c18-10(9-4-1-2-7-13-9)16-12(5-3-6-12)11-14-8-15-17-11/h1-2,4,7-8H,3,5-6H2,(H,16,18)(H,14,15,17). The Morgan fingerprint density at radius 2 is 2.22 bits per heavy atom. The number of nitrogens with one attached hydrogen (secondary N) is 2. The third-order valence-corrected chi connectivity index (χ3v) is 3.33. The minimum absolute atomic E-state index is 0.174. The number of H-pyrrole nitrogens is 1. The molecule has 6 heteroatoms. The third-order valence-electron chi connectivity index (χ3n) is 3.33. The van der Waals surface area contributed by atoms with Crippen LogP contribution >= 0.6 is 0 Å². The Morgan fingerprint density at radius 1 is 1.33 bits per heavy atom. The van der Waals surface area contributed by atoms with Crippen LogP contribution in [0.3, 0.4) is 0 Å². The SMILES string of the molecule is O=C(NC1(c2ncn[nH]2)CCC1)c1ccccn1. The van der Waals surface area contributed by atoms with E-state index in [1.807, 2.05) is 0 Å². The van der Waals surface area contributed by atoms with Gasteiger partial charge in [0.05, 0.1) is 5.54 Å². The number of aromatic nitrogens is 4. The molecule has 2 aromatic heterocycles. The van der Waals surface area contributed by atoms with Crippen LogP contribution in [0.4, 0.5) is 0 Å². The maximum Gasteiger partial charge on any atom is 0.270 e. The van der Waals surface area contributed by atoms with Crippen LogP contribution in [0.2, 0.25) is 0 Å². The van der Waals surface area contributed by atoms with Gasteiger partial charge in [-0.15, -0.1) is 0 Å². The molecule has 92 valence electrons. The van der Waals surface area contributed by atoms with E-state index >= 15 is 0 Å². The molecule has 2 heterocycles. The van der Waals surface area contributed by atoms with Crippen molar-refractivity contribution in [2.45, 2.75) is 24.8 Å². The Kier molecular flexibility index (Phi) is 2.55. The van der Waals surface area contributed by atoms with Gasteiger partial charge in [-0.2, -0.15) is 5.10 Å². The molecule has 18 heavy (non-hydrogen) atoms. The lowest BCUT2D eigenvalue weighted by Gasteiger charge is -2.40. The molecule has 0 bridgehead atoms. The summed E-state index contributed by atoms with van der Waals surface area (Å²) in [5.74, 6) is 0.546. The summed E-state index contributed by atoms with van der Waals surface area (Å²) in [4.78, 5) is 20.3. The number of carbonyl (C=O) groups excluding carboxylic acids is 1. The van der Waals surface area contributed by atoms with E-state index in [-0.39, 0.29) is 5.91 Å². The molecule has 0 spiro atoms. The average Bonchev–Trinajstić information content (AvgIpc) is 2.88. The maximum atomic E-state index is 12.1. The van der Waals surface area contributed by atoms with Crippen molar-refractivity contribution in [1.82, 2.24) is 25.5 Å². The Balaban J connectivity index is 1.81. The molecule has 1 fully saturated rings. The summed E-state index contributed by atoms with van der Waals surface area (Å²) in [6.07, 6.45) is 5.89. The minimum atomic E-state index is -0.398. The Bertz CT molecular complexity index is 533. The van der Waals surface area contributed by atoms with Gasteiger partial charge in [0.15, 0.2) is 0 Å². The van der Waals surface area contributed by atoms with Crippen LogP contribution < -0.4 is 5.32 Å². The zero-order valence-corrected chi connectivity index (χ0v) is 9.76. The number of rotatable bonds is 3. The zero-order chi connectivity index (χ0) is 12.4. The second-order valence-electron chi connectivity index (χ2n) is 4.44. The van der Waals surface area contributed by atoms with Crippen LogP contribution in [0.5, 0.6) is 0 Å². The first kappa shape index (κ1) is 10.9. The van der Waals surface area contributed by atoms with Crippen molar-refractivity contribution in [1.29, 1.82) is 0 Å². The quantitative estimate of drug-likeness (QED) is 0.842. The number of amides is 1. The van der Waals surface area contributed by atoms with Crippen molar-refractivity contribution in [2.75, 3.05) is 0 Å². The second kappa shape index (κ2) is 4.21. The van der Waals surface area contributed by atoms with Crippen LogP contribution in [0.15, 0.2) is 30.7 Å². The first-order valence-electron chi connectivity index (χ1n) is 5.90. The maximum absolute atomic E-state index is 12.1. The van der Waals surface area contributed by atoms with Gasteiger partial charge in [0, 0.05) is 6.20 Å². The summed E-state index contributed by atoms with van der Waals surface area (Å²) in [5, 5.41) is 9.70. The Morgan fingerprint density at radius 3 is 2.78 bits per heavy atom. The molecule has 1 aliphatic rings. The van der Waals surface area contributed by atoms with E-state index < -0.39 is 5.54 Å². The average molecular weight is 243 g/mol. The van der Waals surface area contributed by atoms with Crippen molar-refractivity contribution in [3.8, 4) is 0 Å². The van der Waals surface area contributed by atoms with Gasteiger partial charge in [0.25, 0.3) is 5.91 Å². The summed E-state index contributed by atoms with van der Waals surface area (Å²) in [6.45, 7) is 0. The summed E-state index contributed by atoms with van der Waals surface area (Å²) in [7, 11) is 0. The van der Waals surface area contributed by atoms with Gasteiger partial charge in [-0.25, -0.2) is 4.98 Å². The molecular formula is C12H13N5O. The number of nitrogens with zero attached hydrogens (tertiary/aromatic N) is 3. The molecule has 2 aromatic rings. The Hall–Kier alpha value is -2.24. The van der Waals surface area contributed by atoms with E-state index in [1.54, 1.807) is 24.4 Å². The zero-order valence-electron chi connectivity index (χ0n) is 9.76. The van der Waals surface area contributed by atoms with Crippen molar-refractivity contribution < 1.29 is 4.79 Å². The predicted octanol–water partition coefficient (Wildman–Crippen LogP) is 1.01. The van der Waals surface area contributed by atoms with Crippen LogP contribution in [0, 0.1) is 0 Å². The van der Waals surface area contributed by atoms with E-state index in [0.29, 0.717) is 5.69 Å². The molecule has 0 aromatic carbocycles. The molecule has 0 aliphatic heterocycles. The van der Waals surface area contributed by atoms with Crippen LogP contribution in [-0.4, -0.2) is 26.1 Å². The van der Waals surface area contributed by atoms with Crippen molar-refractivity contribution >= 4 is 5.91 Å². The van der Waals surface area contributed by atoms with Gasteiger partial charge < -0.3 is 5.32 Å². The number of aromatic amines is 1. The lowest BCUT2D eigenvalue weighted by Crippen LogP contribution is -2.51. The molecule has 0 radical (unpaired) electrons. The van der Waals surface area contributed by atoms with Crippen LogP contribution in [0.1, 0.15) is 35.6 Å². The number of pyridine rings is 1. The molecule has 0 saturated heterocycles. The topological polar surface area (TPSA) is 83.6 Å². The molecule has 6 nitrogen and oxygen atoms in total. The molecule has 0 atom stereocenters. The highest BCUT2D eigenvalue weighted by Gasteiger charge is 2.42. The summed E-state index contributed by atoms with van der Waals surface area (Å²) >= 11 is 0. The van der Waals surface area contributed by atoms with Gasteiger partial charge in [-0.1, -0.05) is 6.07 Å². The molecule has 1 saturated carbocycles. The fourth-order valence-electron chi connectivity index (χ4n) is 2.17. The fraction of sp³-hybridized carbons (Fsp3) is 0.333. The molecular weight excluding hydrogens is 230 g/mol. The Labute approximate surface area is 104 Å². The van der Waals surface area contributed by atoms with Crippen molar-refractivity contribution in [3.63, 3.8) is 0 Å². The largest absolute Gasteiger partial charge is 0.338 e. The fourth-order valence-corrected chi connectivity index (χ4v) is 2.17. The smallest absolute Gasteiger partial charge is 0.270 e. The van der Waals surface area contributed by atoms with E-state index in [1.165, 1.54) is 6.33 Å². The highest BCUT2D eigenvalue weighted by atomic mass is 16.2. The van der Waals surface area contributed by atoms with Crippen molar-refractivity contribution in [2.24, 2.45) is 0 Å². The number of hydrogen-bond acceptors (Lipinski definition) is 4. The first-order chi connectivity index (χ1) is 8.80. The first-order valence-corrected chi connectivity index (χ1v) is 5.90. The second-order valence-corrected chi connectivity index (χ2v) is 4.44. The summed E-state index contributed by atoms with van der Waals surface area (Å²) in [6, 6.07) is 5.28. The molecule has 1 amide bonds. The van der Waals surface area contributed by atoms with Crippen LogP contribution in [0.25, 0.3) is 0 Å². The highest BCUT2D eigenvalue weighted by Crippen LogP contribution is 2.39. The molecule has 1 aliphatic carbocycles. The molecule has 3 rings (SSSR count). The summed E-state index contributed by atoms with van der Waals surface area (Å²) < 4.78 is 0. The molecule has 2 N–H and O–H groups in total. The van der Waals surface area contributed by atoms with Gasteiger partial charge in [-0.3, -0.25) is 14.9 Å². The predicted molar refractivity (Wildman–Crippen MR) is 63.6 cm³/mol. The van der Waals surface area contributed by atoms with Gasteiger partial charge in [0.1, 0.15) is 17.8 Å². The minimum Gasteiger partial charge on any atom is -0.338 e. The van der Waals surface area contributed by atoms with Crippen LogP contribution in [-0.2, 0) is 5.54 Å². The molecule has 0 unspecified atom stereocenters. The third kappa shape index (κ3) is 1.75. The van der Waals surface area contributed by atoms with Gasteiger partial charge >= 0.3 is 0 Å². The number of hydrogen-bond donors (Lipinski definition) is 2. The van der Waals surface area contributed by atoms with E-state index in [4.69, 9.17) is 0 Å². The van der Waals surface area contributed by atoms with Gasteiger partial charge in [-0.05, 0) is 31.4 Å². The lowest BCUT2D eigenvalue weighted by atomic mass is 9.76. The monoisotopic (exact) mass is 243 g/mol. The van der Waals surface area contributed by atoms with E-state index in [9.17, 15) is 4.79 Å². The normalized spacial score (nSPS) is 16.9. The lowest BCUT2D eigenvalue weighted by molar-refractivity contribution is 0.0804. The number of carbonyl (C=O) groups is 1. The van der Waals surface area contributed by atoms with E-state index in [0.717, 1.165) is 25.1 Å². The van der Waals surface area contributed by atoms with Crippen molar-refractivity contribution in [3.05, 3.63) is 42.2 Å². The van der Waals surface area contributed by atoms with E-state index in [2.05, 4.69) is 25.5 Å². The van der Waals surface area contributed by atoms with Gasteiger partial charge in [0.2, 0.25) is 0 Å². The summed E-state index contributed by atoms with van der Waals surface area (Å²) in [5.41, 5.74) is 0.0220.